The highest BCUT2D eigenvalue weighted by Gasteiger charge is 2.13. The van der Waals surface area contributed by atoms with Crippen LogP contribution in [-0.4, -0.2) is 22.1 Å². The van der Waals surface area contributed by atoms with Crippen LogP contribution in [0.15, 0.2) is 84.9 Å². The zero-order valence-electron chi connectivity index (χ0n) is 16.5. The Bertz CT molecular complexity index is 1040. The molecular weight excluding hydrogens is 360 g/mol. The van der Waals surface area contributed by atoms with Crippen molar-refractivity contribution in [2.75, 3.05) is 7.11 Å². The minimum atomic E-state index is 0.622. The van der Waals surface area contributed by atoms with Gasteiger partial charge in [0.25, 0.3) is 0 Å². The number of aromatic nitrogens is 3. The molecule has 0 aliphatic carbocycles. The molecule has 0 radical (unpaired) electrons. The SMILES string of the molecule is COc1ccccc1CNCc1nn(Cc2ccccc2)nc1-c1ccccc1. The average Bonchev–Trinajstić information content (AvgIpc) is 3.18. The van der Waals surface area contributed by atoms with Crippen molar-refractivity contribution in [3.8, 4) is 17.0 Å². The first-order valence-corrected chi connectivity index (χ1v) is 9.69. The maximum Gasteiger partial charge on any atom is 0.123 e. The van der Waals surface area contributed by atoms with Gasteiger partial charge in [-0.3, -0.25) is 0 Å². The van der Waals surface area contributed by atoms with Crippen LogP contribution in [0.25, 0.3) is 11.3 Å². The highest BCUT2D eigenvalue weighted by Crippen LogP contribution is 2.21. The minimum absolute atomic E-state index is 0.622. The summed E-state index contributed by atoms with van der Waals surface area (Å²) in [4.78, 5) is 1.78. The van der Waals surface area contributed by atoms with Crippen LogP contribution in [0, 0.1) is 0 Å². The van der Waals surface area contributed by atoms with E-state index >= 15 is 0 Å². The van der Waals surface area contributed by atoms with Gasteiger partial charge in [-0.25, -0.2) is 0 Å². The van der Waals surface area contributed by atoms with E-state index in [1.807, 2.05) is 54.6 Å². The number of ether oxygens (including phenoxy) is 1. The Morgan fingerprint density at radius 2 is 1.48 bits per heavy atom. The summed E-state index contributed by atoms with van der Waals surface area (Å²) >= 11 is 0. The Morgan fingerprint density at radius 3 is 2.24 bits per heavy atom. The number of nitrogens with zero attached hydrogens (tertiary/aromatic N) is 3. The van der Waals surface area contributed by atoms with Crippen LogP contribution < -0.4 is 10.1 Å². The first kappa shape index (κ1) is 18.9. The normalized spacial score (nSPS) is 10.8. The van der Waals surface area contributed by atoms with E-state index in [9.17, 15) is 0 Å². The number of rotatable bonds is 8. The Morgan fingerprint density at radius 1 is 0.793 bits per heavy atom. The lowest BCUT2D eigenvalue weighted by molar-refractivity contribution is 0.407. The molecule has 3 aromatic carbocycles. The molecule has 0 spiro atoms. The van der Waals surface area contributed by atoms with Gasteiger partial charge < -0.3 is 10.1 Å². The second kappa shape index (κ2) is 9.17. The molecule has 1 aromatic heterocycles. The maximum atomic E-state index is 5.44. The summed E-state index contributed by atoms with van der Waals surface area (Å²) < 4.78 is 5.44. The second-order valence-corrected chi connectivity index (χ2v) is 6.79. The van der Waals surface area contributed by atoms with Crippen LogP contribution in [0.4, 0.5) is 0 Å². The summed E-state index contributed by atoms with van der Waals surface area (Å²) in [7, 11) is 1.70. The molecule has 0 saturated heterocycles. The standard InChI is InChI=1S/C24H24N4O/c1-29-23-15-9-8-14-21(23)16-25-17-22-24(20-12-6-3-7-13-20)27-28(26-22)18-19-10-4-2-5-11-19/h2-15,25H,16-18H2,1H3. The van der Waals surface area contributed by atoms with E-state index < -0.39 is 0 Å². The molecule has 5 heteroatoms. The molecule has 0 unspecified atom stereocenters. The molecular formula is C24H24N4O. The van der Waals surface area contributed by atoms with Gasteiger partial charge in [-0.15, -0.1) is 0 Å². The fourth-order valence-corrected chi connectivity index (χ4v) is 3.30. The van der Waals surface area contributed by atoms with Crippen LogP contribution in [0.3, 0.4) is 0 Å². The largest absolute Gasteiger partial charge is 0.496 e. The number of nitrogens with one attached hydrogen (secondary N) is 1. The third-order valence-electron chi connectivity index (χ3n) is 4.74. The first-order valence-electron chi connectivity index (χ1n) is 9.69. The number of methoxy groups -OCH3 is 1. The number of hydrogen-bond donors (Lipinski definition) is 1. The number of para-hydroxylation sites is 1. The van der Waals surface area contributed by atoms with Crippen LogP contribution in [0.5, 0.6) is 5.75 Å². The van der Waals surface area contributed by atoms with Gasteiger partial charge >= 0.3 is 0 Å². The maximum absolute atomic E-state index is 5.44. The number of benzene rings is 3. The van der Waals surface area contributed by atoms with Crippen LogP contribution in [0.1, 0.15) is 16.8 Å². The van der Waals surface area contributed by atoms with E-state index in [0.29, 0.717) is 19.6 Å². The highest BCUT2D eigenvalue weighted by atomic mass is 16.5. The van der Waals surface area contributed by atoms with Crippen LogP contribution in [0.2, 0.25) is 0 Å². The molecule has 1 N–H and O–H groups in total. The van der Waals surface area contributed by atoms with Gasteiger partial charge in [-0.05, 0) is 11.6 Å². The molecule has 5 nitrogen and oxygen atoms in total. The lowest BCUT2D eigenvalue weighted by atomic mass is 10.1. The Kier molecular flexibility index (Phi) is 5.98. The molecule has 0 aliphatic rings. The molecule has 4 aromatic rings. The van der Waals surface area contributed by atoms with E-state index in [4.69, 9.17) is 14.9 Å². The molecule has 0 bridgehead atoms. The third kappa shape index (κ3) is 4.70. The Labute approximate surface area is 171 Å². The summed E-state index contributed by atoms with van der Waals surface area (Å²) in [6.07, 6.45) is 0. The summed E-state index contributed by atoms with van der Waals surface area (Å²) in [5.41, 5.74) is 5.21. The number of hydrogen-bond acceptors (Lipinski definition) is 4. The Hall–Kier alpha value is -3.44. The van der Waals surface area contributed by atoms with Gasteiger partial charge in [-0.1, -0.05) is 78.9 Å². The van der Waals surface area contributed by atoms with Crippen molar-refractivity contribution in [1.82, 2.24) is 20.3 Å². The predicted octanol–water partition coefficient (Wildman–Crippen LogP) is 4.29. The van der Waals surface area contributed by atoms with Gasteiger partial charge in [0, 0.05) is 24.2 Å². The van der Waals surface area contributed by atoms with Crippen molar-refractivity contribution in [3.63, 3.8) is 0 Å². The molecule has 1 heterocycles. The molecule has 0 atom stereocenters. The second-order valence-electron chi connectivity index (χ2n) is 6.79. The van der Waals surface area contributed by atoms with Crippen molar-refractivity contribution >= 4 is 0 Å². The monoisotopic (exact) mass is 384 g/mol. The Balaban J connectivity index is 1.54. The molecule has 0 aliphatic heterocycles. The quantitative estimate of drug-likeness (QED) is 0.492. The van der Waals surface area contributed by atoms with Crippen molar-refractivity contribution in [3.05, 3.63) is 102 Å². The molecule has 29 heavy (non-hydrogen) atoms. The lowest BCUT2D eigenvalue weighted by Gasteiger charge is -2.09. The summed E-state index contributed by atoms with van der Waals surface area (Å²) in [6, 6.07) is 28.5. The topological polar surface area (TPSA) is 52.0 Å². The predicted molar refractivity (Wildman–Crippen MR) is 115 cm³/mol. The molecule has 0 amide bonds. The third-order valence-corrected chi connectivity index (χ3v) is 4.74. The first-order chi connectivity index (χ1) is 14.3. The van der Waals surface area contributed by atoms with Gasteiger partial charge in [0.05, 0.1) is 13.7 Å². The van der Waals surface area contributed by atoms with Crippen molar-refractivity contribution in [2.24, 2.45) is 0 Å². The van der Waals surface area contributed by atoms with E-state index in [1.54, 1.807) is 11.9 Å². The zero-order valence-corrected chi connectivity index (χ0v) is 16.5. The molecule has 146 valence electrons. The average molecular weight is 384 g/mol. The molecule has 4 rings (SSSR count). The fourth-order valence-electron chi connectivity index (χ4n) is 3.30. The molecule has 0 saturated carbocycles. The lowest BCUT2D eigenvalue weighted by Crippen LogP contribution is -2.14. The fraction of sp³-hybridized carbons (Fsp3) is 0.167. The van der Waals surface area contributed by atoms with E-state index in [0.717, 1.165) is 28.3 Å². The smallest absolute Gasteiger partial charge is 0.123 e. The van der Waals surface area contributed by atoms with E-state index in [-0.39, 0.29) is 0 Å². The summed E-state index contributed by atoms with van der Waals surface area (Å²) in [5.74, 6) is 0.885. The summed E-state index contributed by atoms with van der Waals surface area (Å²) in [5, 5.41) is 13.0. The van der Waals surface area contributed by atoms with Gasteiger partial charge in [0.2, 0.25) is 0 Å². The van der Waals surface area contributed by atoms with Gasteiger partial charge in [0.1, 0.15) is 17.1 Å². The van der Waals surface area contributed by atoms with Crippen LogP contribution >= 0.6 is 0 Å². The van der Waals surface area contributed by atoms with E-state index in [1.165, 1.54) is 5.56 Å². The minimum Gasteiger partial charge on any atom is -0.496 e. The molecule has 0 fully saturated rings. The highest BCUT2D eigenvalue weighted by molar-refractivity contribution is 5.60. The van der Waals surface area contributed by atoms with Crippen molar-refractivity contribution in [1.29, 1.82) is 0 Å². The van der Waals surface area contributed by atoms with Crippen molar-refractivity contribution < 1.29 is 4.74 Å². The summed E-state index contributed by atoms with van der Waals surface area (Å²) in [6.45, 7) is 1.97. The van der Waals surface area contributed by atoms with Crippen LogP contribution in [-0.2, 0) is 19.6 Å². The van der Waals surface area contributed by atoms with E-state index in [2.05, 4.69) is 35.6 Å². The van der Waals surface area contributed by atoms with Crippen molar-refractivity contribution in [2.45, 2.75) is 19.6 Å². The van der Waals surface area contributed by atoms with Gasteiger partial charge in [0.15, 0.2) is 0 Å². The zero-order chi connectivity index (χ0) is 19.9. The van der Waals surface area contributed by atoms with Gasteiger partial charge in [-0.2, -0.15) is 15.0 Å².